The molecule has 5 nitrogen and oxygen atoms in total. The Morgan fingerprint density at radius 1 is 1.26 bits per heavy atom. The van der Waals surface area contributed by atoms with Gasteiger partial charge < -0.3 is 15.7 Å². The third-order valence-electron chi connectivity index (χ3n) is 2.62. The molecule has 0 aliphatic heterocycles. The number of thioether (sulfide) groups is 1. The Labute approximate surface area is 116 Å². The number of carboxylic acids is 1. The van der Waals surface area contributed by atoms with Gasteiger partial charge in [-0.25, -0.2) is 4.79 Å². The minimum Gasteiger partial charge on any atom is -0.481 e. The van der Waals surface area contributed by atoms with Crippen LogP contribution in [-0.2, 0) is 4.79 Å². The standard InChI is InChI=1S/C13H18N2O3S/c1-13(2,11(16)17)8-14-12(18)15-9-4-6-10(19-3)7-5-9/h4-7H,8H2,1-3H3,(H,16,17)(H2,14,15,18). The minimum absolute atomic E-state index is 0.0665. The molecule has 3 N–H and O–H groups in total. The van der Waals surface area contributed by atoms with Crippen LogP contribution in [0.15, 0.2) is 29.2 Å². The van der Waals surface area contributed by atoms with Crippen molar-refractivity contribution in [3.05, 3.63) is 24.3 Å². The number of carboxylic acid groups (broad SMARTS) is 1. The summed E-state index contributed by atoms with van der Waals surface area (Å²) in [6, 6.07) is 7.00. The van der Waals surface area contributed by atoms with Crippen molar-refractivity contribution >= 4 is 29.4 Å². The van der Waals surface area contributed by atoms with E-state index < -0.39 is 17.4 Å². The van der Waals surface area contributed by atoms with Gasteiger partial charge in [-0.15, -0.1) is 11.8 Å². The van der Waals surface area contributed by atoms with E-state index in [1.807, 2.05) is 18.4 Å². The molecule has 0 spiro atoms. The molecule has 0 bridgehead atoms. The predicted octanol–water partition coefficient (Wildman–Crippen LogP) is 2.64. The van der Waals surface area contributed by atoms with Crippen LogP contribution in [0.5, 0.6) is 0 Å². The molecule has 0 aliphatic rings. The zero-order valence-corrected chi connectivity index (χ0v) is 12.0. The molecule has 0 aromatic heterocycles. The van der Waals surface area contributed by atoms with E-state index in [0.29, 0.717) is 5.69 Å². The second-order valence-electron chi connectivity index (χ2n) is 4.73. The van der Waals surface area contributed by atoms with Gasteiger partial charge in [0.25, 0.3) is 0 Å². The SMILES string of the molecule is CSc1ccc(NC(=O)NCC(C)(C)C(=O)O)cc1. The number of urea groups is 1. The molecule has 0 heterocycles. The van der Waals surface area contributed by atoms with Crippen molar-refractivity contribution in [2.75, 3.05) is 18.1 Å². The van der Waals surface area contributed by atoms with E-state index in [4.69, 9.17) is 5.11 Å². The molecule has 2 amide bonds. The number of hydrogen-bond donors (Lipinski definition) is 3. The molecule has 1 rings (SSSR count). The lowest BCUT2D eigenvalue weighted by Gasteiger charge is -2.19. The predicted molar refractivity (Wildman–Crippen MR) is 76.7 cm³/mol. The molecular weight excluding hydrogens is 264 g/mol. The number of hydrogen-bond acceptors (Lipinski definition) is 3. The van der Waals surface area contributed by atoms with Crippen molar-refractivity contribution in [1.82, 2.24) is 5.32 Å². The summed E-state index contributed by atoms with van der Waals surface area (Å²) in [6.45, 7) is 3.18. The number of aliphatic carboxylic acids is 1. The summed E-state index contributed by atoms with van der Waals surface area (Å²) in [7, 11) is 0. The van der Waals surface area contributed by atoms with Crippen LogP contribution in [0.2, 0.25) is 0 Å². The highest BCUT2D eigenvalue weighted by Crippen LogP contribution is 2.17. The van der Waals surface area contributed by atoms with Gasteiger partial charge in [0.15, 0.2) is 0 Å². The quantitative estimate of drug-likeness (QED) is 0.725. The summed E-state index contributed by atoms with van der Waals surface area (Å²) in [4.78, 5) is 23.6. The monoisotopic (exact) mass is 282 g/mol. The van der Waals surface area contributed by atoms with Crippen LogP contribution >= 0.6 is 11.8 Å². The second kappa shape index (κ2) is 6.47. The molecule has 19 heavy (non-hydrogen) atoms. The maximum absolute atomic E-state index is 11.6. The van der Waals surface area contributed by atoms with E-state index >= 15 is 0 Å². The average Bonchev–Trinajstić information content (AvgIpc) is 2.37. The third kappa shape index (κ3) is 4.82. The molecule has 0 saturated carbocycles. The zero-order chi connectivity index (χ0) is 14.5. The summed E-state index contributed by atoms with van der Waals surface area (Å²) < 4.78 is 0. The third-order valence-corrected chi connectivity index (χ3v) is 3.36. The van der Waals surface area contributed by atoms with Gasteiger partial charge in [0.05, 0.1) is 5.41 Å². The highest BCUT2D eigenvalue weighted by atomic mass is 32.2. The van der Waals surface area contributed by atoms with Gasteiger partial charge in [-0.05, 0) is 44.4 Å². The Morgan fingerprint density at radius 2 is 1.84 bits per heavy atom. The van der Waals surface area contributed by atoms with Gasteiger partial charge in [-0.3, -0.25) is 4.79 Å². The molecule has 1 aromatic rings. The van der Waals surface area contributed by atoms with Crippen molar-refractivity contribution in [3.63, 3.8) is 0 Å². The number of carbonyl (C=O) groups excluding carboxylic acids is 1. The first-order valence-electron chi connectivity index (χ1n) is 5.77. The van der Waals surface area contributed by atoms with Gasteiger partial charge in [-0.1, -0.05) is 0 Å². The van der Waals surface area contributed by atoms with Crippen LogP contribution in [0.25, 0.3) is 0 Å². The van der Waals surface area contributed by atoms with E-state index in [1.165, 1.54) is 0 Å². The molecule has 0 radical (unpaired) electrons. The Balaban J connectivity index is 2.49. The first-order valence-corrected chi connectivity index (χ1v) is 7.00. The lowest BCUT2D eigenvalue weighted by Crippen LogP contribution is -2.40. The van der Waals surface area contributed by atoms with E-state index in [2.05, 4.69) is 10.6 Å². The summed E-state index contributed by atoms with van der Waals surface area (Å²) in [5.41, 5.74) is -0.316. The summed E-state index contributed by atoms with van der Waals surface area (Å²) in [5, 5.41) is 14.1. The van der Waals surface area contributed by atoms with Crippen LogP contribution in [-0.4, -0.2) is 29.9 Å². The first kappa shape index (κ1) is 15.4. The van der Waals surface area contributed by atoms with Crippen LogP contribution in [0.1, 0.15) is 13.8 Å². The lowest BCUT2D eigenvalue weighted by molar-refractivity contribution is -0.146. The Kier molecular flexibility index (Phi) is 5.23. The fourth-order valence-electron chi connectivity index (χ4n) is 1.23. The summed E-state index contributed by atoms with van der Waals surface area (Å²) in [5.74, 6) is -0.947. The Hall–Kier alpha value is -1.69. The Morgan fingerprint density at radius 3 is 2.32 bits per heavy atom. The summed E-state index contributed by atoms with van der Waals surface area (Å²) in [6.07, 6.45) is 1.98. The fourth-order valence-corrected chi connectivity index (χ4v) is 1.63. The lowest BCUT2D eigenvalue weighted by atomic mass is 9.94. The van der Waals surface area contributed by atoms with Crippen molar-refractivity contribution < 1.29 is 14.7 Å². The minimum atomic E-state index is -0.986. The normalized spacial score (nSPS) is 10.9. The molecule has 104 valence electrons. The van der Waals surface area contributed by atoms with Gasteiger partial charge in [0, 0.05) is 17.1 Å². The number of nitrogens with one attached hydrogen (secondary N) is 2. The highest BCUT2D eigenvalue weighted by molar-refractivity contribution is 7.98. The molecule has 0 unspecified atom stereocenters. The Bertz CT molecular complexity index is 457. The fraction of sp³-hybridized carbons (Fsp3) is 0.385. The number of carbonyl (C=O) groups is 2. The van der Waals surface area contributed by atoms with Gasteiger partial charge >= 0.3 is 12.0 Å². The average molecular weight is 282 g/mol. The van der Waals surface area contributed by atoms with Crippen molar-refractivity contribution in [2.45, 2.75) is 18.7 Å². The largest absolute Gasteiger partial charge is 0.481 e. The van der Waals surface area contributed by atoms with Crippen molar-refractivity contribution in [3.8, 4) is 0 Å². The van der Waals surface area contributed by atoms with Crippen LogP contribution in [0, 0.1) is 5.41 Å². The molecule has 6 heteroatoms. The molecule has 0 aliphatic carbocycles. The number of amides is 2. The van der Waals surface area contributed by atoms with Crippen LogP contribution in [0.3, 0.4) is 0 Å². The van der Waals surface area contributed by atoms with E-state index in [9.17, 15) is 9.59 Å². The van der Waals surface area contributed by atoms with Gasteiger partial charge in [-0.2, -0.15) is 0 Å². The number of anilines is 1. The van der Waals surface area contributed by atoms with E-state index in [0.717, 1.165) is 4.90 Å². The van der Waals surface area contributed by atoms with Crippen molar-refractivity contribution in [2.24, 2.45) is 5.41 Å². The maximum atomic E-state index is 11.6. The van der Waals surface area contributed by atoms with Crippen molar-refractivity contribution in [1.29, 1.82) is 0 Å². The second-order valence-corrected chi connectivity index (χ2v) is 5.60. The zero-order valence-electron chi connectivity index (χ0n) is 11.2. The highest BCUT2D eigenvalue weighted by Gasteiger charge is 2.27. The van der Waals surface area contributed by atoms with Gasteiger partial charge in [0.1, 0.15) is 0 Å². The molecule has 0 atom stereocenters. The molecule has 0 fully saturated rings. The topological polar surface area (TPSA) is 78.4 Å². The number of rotatable bonds is 5. The molecular formula is C13H18N2O3S. The maximum Gasteiger partial charge on any atom is 0.319 e. The smallest absolute Gasteiger partial charge is 0.319 e. The van der Waals surface area contributed by atoms with E-state index in [-0.39, 0.29) is 6.54 Å². The van der Waals surface area contributed by atoms with Gasteiger partial charge in [0.2, 0.25) is 0 Å². The number of benzene rings is 1. The first-order chi connectivity index (χ1) is 8.85. The summed E-state index contributed by atoms with van der Waals surface area (Å²) >= 11 is 1.62. The van der Waals surface area contributed by atoms with Crippen LogP contribution in [0.4, 0.5) is 10.5 Å². The molecule has 1 aromatic carbocycles. The van der Waals surface area contributed by atoms with Crippen LogP contribution < -0.4 is 10.6 Å². The van der Waals surface area contributed by atoms with E-state index in [1.54, 1.807) is 37.7 Å². The molecule has 0 saturated heterocycles.